The lowest BCUT2D eigenvalue weighted by atomic mass is 9.85. The van der Waals surface area contributed by atoms with Crippen LogP contribution in [0.1, 0.15) is 37.8 Å². The third-order valence-corrected chi connectivity index (χ3v) is 3.49. The van der Waals surface area contributed by atoms with E-state index in [2.05, 4.69) is 21.2 Å². The molecule has 0 aliphatic rings. The number of carbonyl (C=O) groups is 2. The minimum Gasteiger partial charge on any atom is -0.481 e. The van der Waals surface area contributed by atoms with E-state index in [0.29, 0.717) is 0 Å². The quantitative estimate of drug-likeness (QED) is 0.853. The summed E-state index contributed by atoms with van der Waals surface area (Å²) < 4.78 is 0.969. The van der Waals surface area contributed by atoms with Gasteiger partial charge in [0.1, 0.15) is 0 Å². The van der Waals surface area contributed by atoms with Crippen LogP contribution in [0.3, 0.4) is 0 Å². The van der Waals surface area contributed by atoms with Gasteiger partial charge in [-0.2, -0.15) is 0 Å². The van der Waals surface area contributed by atoms with Crippen LogP contribution < -0.4 is 5.32 Å². The van der Waals surface area contributed by atoms with E-state index < -0.39 is 11.4 Å². The van der Waals surface area contributed by atoms with E-state index >= 15 is 0 Å². The van der Waals surface area contributed by atoms with Crippen LogP contribution in [0.25, 0.3) is 0 Å². The number of carboxylic acids is 1. The predicted octanol–water partition coefficient (Wildman–Crippen LogP) is 3.90. The molecule has 0 saturated carbocycles. The molecule has 0 bridgehead atoms. The Bertz CT molecular complexity index is 515. The molecule has 110 valence electrons. The lowest BCUT2D eigenvalue weighted by Gasteiger charge is -2.22. The molecule has 2 N–H and O–H groups in total. The standard InChI is InChI=1S/C15H20BrNO3/c1-9-5-11(16)6-10(2)14(9)17-12(18)7-15(3,4)8-13(19)20/h5-6H,7-8H2,1-4H3,(H,17,18)(H,19,20). The van der Waals surface area contributed by atoms with Crippen molar-refractivity contribution in [2.75, 3.05) is 5.32 Å². The molecule has 0 saturated heterocycles. The molecule has 4 nitrogen and oxygen atoms in total. The molecular weight excluding hydrogens is 322 g/mol. The SMILES string of the molecule is Cc1cc(Br)cc(C)c1NC(=O)CC(C)(C)CC(=O)O. The van der Waals surface area contributed by atoms with Crippen LogP contribution in [0, 0.1) is 19.3 Å². The first kappa shape index (κ1) is 16.7. The monoisotopic (exact) mass is 341 g/mol. The lowest BCUT2D eigenvalue weighted by molar-refractivity contribution is -0.139. The molecule has 0 fully saturated rings. The molecular formula is C15H20BrNO3. The fourth-order valence-electron chi connectivity index (χ4n) is 2.20. The molecule has 0 radical (unpaired) electrons. The summed E-state index contributed by atoms with van der Waals surface area (Å²) in [4.78, 5) is 22.8. The topological polar surface area (TPSA) is 66.4 Å². The zero-order valence-electron chi connectivity index (χ0n) is 12.2. The first-order valence-electron chi connectivity index (χ1n) is 6.39. The van der Waals surface area contributed by atoms with Gasteiger partial charge in [0.2, 0.25) is 5.91 Å². The fraction of sp³-hybridized carbons (Fsp3) is 0.467. The van der Waals surface area contributed by atoms with Crippen LogP contribution in [0.15, 0.2) is 16.6 Å². The summed E-state index contributed by atoms with van der Waals surface area (Å²) in [6.45, 7) is 7.41. The van der Waals surface area contributed by atoms with Gasteiger partial charge in [0.25, 0.3) is 0 Å². The van der Waals surface area contributed by atoms with Gasteiger partial charge in [0.15, 0.2) is 0 Å². The summed E-state index contributed by atoms with van der Waals surface area (Å²) in [5.41, 5.74) is 2.18. The highest BCUT2D eigenvalue weighted by Crippen LogP contribution is 2.28. The normalized spacial score (nSPS) is 11.2. The number of aryl methyl sites for hydroxylation is 2. The summed E-state index contributed by atoms with van der Waals surface area (Å²) in [6, 6.07) is 3.87. The van der Waals surface area contributed by atoms with Crippen molar-refractivity contribution in [2.45, 2.75) is 40.5 Å². The molecule has 0 aliphatic heterocycles. The van der Waals surface area contributed by atoms with E-state index in [0.717, 1.165) is 21.3 Å². The number of nitrogens with one attached hydrogen (secondary N) is 1. The molecule has 0 heterocycles. The number of hydrogen-bond acceptors (Lipinski definition) is 2. The average Bonchev–Trinajstić information content (AvgIpc) is 2.20. The van der Waals surface area contributed by atoms with Crippen LogP contribution in [-0.2, 0) is 9.59 Å². The molecule has 1 rings (SSSR count). The second-order valence-corrected chi connectivity index (χ2v) is 6.79. The number of benzene rings is 1. The van der Waals surface area contributed by atoms with Crippen molar-refractivity contribution in [1.29, 1.82) is 0 Å². The van der Waals surface area contributed by atoms with Crippen molar-refractivity contribution in [1.82, 2.24) is 0 Å². The van der Waals surface area contributed by atoms with Gasteiger partial charge in [0.05, 0.1) is 6.42 Å². The molecule has 1 aromatic carbocycles. The lowest BCUT2D eigenvalue weighted by Crippen LogP contribution is -2.25. The zero-order valence-corrected chi connectivity index (χ0v) is 13.8. The molecule has 0 aliphatic carbocycles. The van der Waals surface area contributed by atoms with Gasteiger partial charge in [-0.3, -0.25) is 9.59 Å². The highest BCUT2D eigenvalue weighted by Gasteiger charge is 2.25. The molecule has 0 unspecified atom stereocenters. The smallest absolute Gasteiger partial charge is 0.303 e. The minimum atomic E-state index is -0.890. The van der Waals surface area contributed by atoms with Crippen molar-refractivity contribution < 1.29 is 14.7 Å². The van der Waals surface area contributed by atoms with E-state index in [1.165, 1.54) is 0 Å². The van der Waals surface area contributed by atoms with Crippen LogP contribution in [0.2, 0.25) is 0 Å². The van der Waals surface area contributed by atoms with Gasteiger partial charge < -0.3 is 10.4 Å². The van der Waals surface area contributed by atoms with Gasteiger partial charge in [0, 0.05) is 16.6 Å². The number of carbonyl (C=O) groups excluding carboxylic acids is 1. The van der Waals surface area contributed by atoms with Gasteiger partial charge in [-0.1, -0.05) is 29.8 Å². The molecule has 0 aromatic heterocycles. The van der Waals surface area contributed by atoms with E-state index in [1.807, 2.05) is 26.0 Å². The van der Waals surface area contributed by atoms with Crippen LogP contribution >= 0.6 is 15.9 Å². The third-order valence-electron chi connectivity index (χ3n) is 3.03. The number of rotatable bonds is 5. The Hall–Kier alpha value is -1.36. The van der Waals surface area contributed by atoms with Gasteiger partial charge in [-0.15, -0.1) is 0 Å². The highest BCUT2D eigenvalue weighted by atomic mass is 79.9. The molecule has 1 amide bonds. The van der Waals surface area contributed by atoms with Gasteiger partial charge in [-0.05, 0) is 42.5 Å². The van der Waals surface area contributed by atoms with Crippen molar-refractivity contribution in [3.05, 3.63) is 27.7 Å². The van der Waals surface area contributed by atoms with E-state index in [4.69, 9.17) is 5.11 Å². The van der Waals surface area contributed by atoms with Crippen molar-refractivity contribution in [3.8, 4) is 0 Å². The molecule has 20 heavy (non-hydrogen) atoms. The third kappa shape index (κ3) is 4.96. The summed E-state index contributed by atoms with van der Waals surface area (Å²) in [7, 11) is 0. The van der Waals surface area contributed by atoms with Crippen molar-refractivity contribution in [2.24, 2.45) is 5.41 Å². The highest BCUT2D eigenvalue weighted by molar-refractivity contribution is 9.10. The molecule has 0 atom stereocenters. The summed E-state index contributed by atoms with van der Waals surface area (Å²) in [5.74, 6) is -1.05. The number of carboxylic acid groups (broad SMARTS) is 1. The number of halogens is 1. The first-order valence-corrected chi connectivity index (χ1v) is 7.18. The zero-order chi connectivity index (χ0) is 15.5. The van der Waals surface area contributed by atoms with Crippen molar-refractivity contribution in [3.63, 3.8) is 0 Å². The molecule has 1 aromatic rings. The number of anilines is 1. The fourth-order valence-corrected chi connectivity index (χ4v) is 2.88. The Morgan fingerprint density at radius 1 is 1.20 bits per heavy atom. The minimum absolute atomic E-state index is 0.0290. The summed E-state index contributed by atoms with van der Waals surface area (Å²) in [5, 5.41) is 11.7. The van der Waals surface area contributed by atoms with Crippen molar-refractivity contribution >= 4 is 33.5 Å². The Morgan fingerprint density at radius 3 is 2.15 bits per heavy atom. The number of aliphatic carboxylic acids is 1. The maximum Gasteiger partial charge on any atom is 0.303 e. The largest absolute Gasteiger partial charge is 0.481 e. The predicted molar refractivity (Wildman–Crippen MR) is 82.9 cm³/mol. The van der Waals surface area contributed by atoms with Gasteiger partial charge in [-0.25, -0.2) is 0 Å². The summed E-state index contributed by atoms with van der Waals surface area (Å²) >= 11 is 3.41. The Kier molecular flexibility index (Phi) is 5.34. The van der Waals surface area contributed by atoms with E-state index in [9.17, 15) is 9.59 Å². The second-order valence-electron chi connectivity index (χ2n) is 5.87. The van der Waals surface area contributed by atoms with E-state index in [1.54, 1.807) is 13.8 Å². The van der Waals surface area contributed by atoms with Gasteiger partial charge >= 0.3 is 5.97 Å². The second kappa shape index (κ2) is 6.39. The molecule has 0 spiro atoms. The maximum absolute atomic E-state index is 12.1. The maximum atomic E-state index is 12.1. The Morgan fingerprint density at radius 2 is 1.70 bits per heavy atom. The average molecular weight is 342 g/mol. The van der Waals surface area contributed by atoms with Crippen LogP contribution in [-0.4, -0.2) is 17.0 Å². The van der Waals surface area contributed by atoms with Crippen LogP contribution in [0.5, 0.6) is 0 Å². The Balaban J connectivity index is 2.79. The van der Waals surface area contributed by atoms with Crippen LogP contribution in [0.4, 0.5) is 5.69 Å². The first-order chi connectivity index (χ1) is 9.10. The number of hydrogen-bond donors (Lipinski definition) is 2. The summed E-state index contributed by atoms with van der Waals surface area (Å²) in [6.07, 6.45) is 0.146. The number of amides is 1. The Labute approximate surface area is 127 Å². The van der Waals surface area contributed by atoms with E-state index in [-0.39, 0.29) is 18.7 Å². The molecule has 5 heteroatoms.